The fourth-order valence-electron chi connectivity index (χ4n) is 3.71. The highest BCUT2D eigenvalue weighted by Gasteiger charge is 2.50. The Kier molecular flexibility index (Phi) is 3.36. The number of pyridine rings is 1. The molecule has 3 rings (SSSR count). The largest absolute Gasteiger partial charge is 0.487 e. The molecule has 0 amide bonds. The van der Waals surface area contributed by atoms with E-state index in [0.717, 1.165) is 37.1 Å². The Hall–Kier alpha value is -1.29. The lowest BCUT2D eigenvalue weighted by atomic mass is 9.85. The minimum atomic E-state index is 0.123. The third-order valence-corrected chi connectivity index (χ3v) is 4.73. The van der Waals surface area contributed by atoms with Gasteiger partial charge in [-0.25, -0.2) is 4.98 Å². The number of aromatic nitrogens is 1. The van der Waals surface area contributed by atoms with E-state index in [9.17, 15) is 0 Å². The Bertz CT molecular complexity index is 486. The van der Waals surface area contributed by atoms with E-state index in [2.05, 4.69) is 42.9 Å². The maximum atomic E-state index is 5.95. The van der Waals surface area contributed by atoms with Crippen LogP contribution >= 0.6 is 0 Å². The maximum Gasteiger partial charge on any atom is 0.171 e. The molecule has 2 unspecified atom stereocenters. The Labute approximate surface area is 121 Å². The van der Waals surface area contributed by atoms with Gasteiger partial charge in [0.05, 0.1) is 6.10 Å². The van der Waals surface area contributed by atoms with E-state index in [4.69, 9.17) is 4.74 Å². The third kappa shape index (κ3) is 2.16. The molecule has 1 aromatic rings. The average Bonchev–Trinajstić information content (AvgIpc) is 2.92. The molecule has 2 fully saturated rings. The van der Waals surface area contributed by atoms with Crippen LogP contribution in [0.25, 0.3) is 0 Å². The van der Waals surface area contributed by atoms with Crippen LogP contribution in [0, 0.1) is 11.8 Å². The third-order valence-electron chi connectivity index (χ3n) is 4.73. The first-order valence-corrected chi connectivity index (χ1v) is 7.60. The molecule has 2 aliphatic heterocycles. The zero-order valence-corrected chi connectivity index (χ0v) is 12.9. The standard InChI is InChI=1S/C16H25N3O/c1-11(2)20-14-6-5-7-18-15(14)19-10-12-8-17-9-13(12)16(19,3)4/h5-7,11-13,17H,8-10H2,1-4H3. The van der Waals surface area contributed by atoms with Gasteiger partial charge in [0.15, 0.2) is 11.6 Å². The van der Waals surface area contributed by atoms with Gasteiger partial charge < -0.3 is 15.0 Å². The van der Waals surface area contributed by atoms with Crippen LogP contribution in [0.2, 0.25) is 0 Å². The lowest BCUT2D eigenvalue weighted by Gasteiger charge is -2.37. The van der Waals surface area contributed by atoms with Gasteiger partial charge in [-0.3, -0.25) is 0 Å². The molecule has 0 saturated carbocycles. The number of fused-ring (bicyclic) bond motifs is 1. The molecule has 1 aromatic heterocycles. The molecule has 4 nitrogen and oxygen atoms in total. The zero-order chi connectivity index (χ0) is 14.3. The number of ether oxygens (including phenoxy) is 1. The Morgan fingerprint density at radius 3 is 2.90 bits per heavy atom. The van der Waals surface area contributed by atoms with Crippen molar-refractivity contribution in [3.05, 3.63) is 18.3 Å². The normalized spacial score (nSPS) is 27.9. The van der Waals surface area contributed by atoms with Gasteiger partial charge >= 0.3 is 0 Å². The van der Waals surface area contributed by atoms with Gasteiger partial charge in [-0.05, 0) is 51.7 Å². The van der Waals surface area contributed by atoms with Gasteiger partial charge in [-0.15, -0.1) is 0 Å². The number of nitrogens with one attached hydrogen (secondary N) is 1. The van der Waals surface area contributed by atoms with Gasteiger partial charge in [-0.1, -0.05) is 0 Å². The van der Waals surface area contributed by atoms with Crippen molar-refractivity contribution in [3.63, 3.8) is 0 Å². The number of hydrogen-bond donors (Lipinski definition) is 1. The summed E-state index contributed by atoms with van der Waals surface area (Å²) < 4.78 is 5.95. The summed E-state index contributed by atoms with van der Waals surface area (Å²) in [7, 11) is 0. The molecule has 0 radical (unpaired) electrons. The summed E-state index contributed by atoms with van der Waals surface area (Å²) in [5, 5.41) is 3.52. The molecular formula is C16H25N3O. The van der Waals surface area contributed by atoms with Crippen LogP contribution in [0.5, 0.6) is 5.75 Å². The second-order valence-corrected chi connectivity index (χ2v) is 6.78. The van der Waals surface area contributed by atoms with Crippen LogP contribution in [0.1, 0.15) is 27.7 Å². The van der Waals surface area contributed by atoms with E-state index in [1.165, 1.54) is 0 Å². The van der Waals surface area contributed by atoms with E-state index >= 15 is 0 Å². The molecule has 3 heterocycles. The SMILES string of the molecule is CC(C)Oc1cccnc1N1CC2CNCC2C1(C)C. The van der Waals surface area contributed by atoms with Crippen LogP contribution in [0.15, 0.2) is 18.3 Å². The van der Waals surface area contributed by atoms with Crippen molar-refractivity contribution < 1.29 is 4.74 Å². The summed E-state index contributed by atoms with van der Waals surface area (Å²) in [6, 6.07) is 3.98. The topological polar surface area (TPSA) is 37.4 Å². The van der Waals surface area contributed by atoms with Crippen LogP contribution in [-0.4, -0.2) is 36.3 Å². The first kappa shape index (κ1) is 13.7. The van der Waals surface area contributed by atoms with Crippen molar-refractivity contribution in [2.24, 2.45) is 11.8 Å². The molecule has 20 heavy (non-hydrogen) atoms. The molecule has 2 atom stereocenters. The molecule has 110 valence electrons. The van der Waals surface area contributed by atoms with Crippen molar-refractivity contribution in [3.8, 4) is 5.75 Å². The molecule has 1 N–H and O–H groups in total. The minimum absolute atomic E-state index is 0.123. The molecule has 0 spiro atoms. The van der Waals surface area contributed by atoms with Crippen molar-refractivity contribution in [2.75, 3.05) is 24.5 Å². The number of rotatable bonds is 3. The van der Waals surface area contributed by atoms with Crippen LogP contribution in [0.3, 0.4) is 0 Å². The molecule has 0 aliphatic carbocycles. The van der Waals surface area contributed by atoms with Gasteiger partial charge in [0.2, 0.25) is 0 Å². The quantitative estimate of drug-likeness (QED) is 0.918. The number of anilines is 1. The van der Waals surface area contributed by atoms with E-state index in [-0.39, 0.29) is 11.6 Å². The highest BCUT2D eigenvalue weighted by atomic mass is 16.5. The second-order valence-electron chi connectivity index (χ2n) is 6.78. The Balaban J connectivity index is 1.93. The molecule has 0 bridgehead atoms. The predicted octanol–water partition coefficient (Wildman–Crippen LogP) is 2.30. The fourth-order valence-corrected chi connectivity index (χ4v) is 3.71. The molecule has 2 aliphatic rings. The Morgan fingerprint density at radius 1 is 1.40 bits per heavy atom. The minimum Gasteiger partial charge on any atom is -0.487 e. The average molecular weight is 275 g/mol. The molecular weight excluding hydrogens is 250 g/mol. The predicted molar refractivity (Wildman–Crippen MR) is 81.3 cm³/mol. The van der Waals surface area contributed by atoms with E-state index in [1.54, 1.807) is 0 Å². The van der Waals surface area contributed by atoms with Crippen LogP contribution < -0.4 is 15.0 Å². The summed E-state index contributed by atoms with van der Waals surface area (Å²) in [5.41, 5.74) is 0.123. The van der Waals surface area contributed by atoms with Crippen molar-refractivity contribution in [1.29, 1.82) is 0 Å². The van der Waals surface area contributed by atoms with Gasteiger partial charge in [-0.2, -0.15) is 0 Å². The maximum absolute atomic E-state index is 5.95. The van der Waals surface area contributed by atoms with Gasteiger partial charge in [0, 0.05) is 31.4 Å². The highest BCUT2D eigenvalue weighted by Crippen LogP contribution is 2.44. The Morgan fingerprint density at radius 2 is 2.20 bits per heavy atom. The smallest absolute Gasteiger partial charge is 0.171 e. The number of nitrogens with zero attached hydrogens (tertiary/aromatic N) is 2. The van der Waals surface area contributed by atoms with E-state index in [0.29, 0.717) is 5.92 Å². The lowest BCUT2D eigenvalue weighted by molar-refractivity contribution is 0.240. The zero-order valence-electron chi connectivity index (χ0n) is 12.9. The summed E-state index contributed by atoms with van der Waals surface area (Å²) >= 11 is 0. The second kappa shape index (κ2) is 4.92. The highest BCUT2D eigenvalue weighted by molar-refractivity contribution is 5.55. The summed E-state index contributed by atoms with van der Waals surface area (Å²) in [4.78, 5) is 7.06. The number of hydrogen-bond acceptors (Lipinski definition) is 4. The van der Waals surface area contributed by atoms with Crippen LogP contribution in [-0.2, 0) is 0 Å². The lowest BCUT2D eigenvalue weighted by Crippen LogP contribution is -2.45. The first-order chi connectivity index (χ1) is 9.50. The van der Waals surface area contributed by atoms with Crippen molar-refractivity contribution in [2.45, 2.75) is 39.3 Å². The van der Waals surface area contributed by atoms with Gasteiger partial charge in [0.25, 0.3) is 0 Å². The fraction of sp³-hybridized carbons (Fsp3) is 0.688. The summed E-state index contributed by atoms with van der Waals surface area (Å²) in [6.07, 6.45) is 2.04. The van der Waals surface area contributed by atoms with Gasteiger partial charge in [0.1, 0.15) is 0 Å². The van der Waals surface area contributed by atoms with E-state index < -0.39 is 0 Å². The first-order valence-electron chi connectivity index (χ1n) is 7.60. The van der Waals surface area contributed by atoms with Crippen LogP contribution in [0.4, 0.5) is 5.82 Å². The van der Waals surface area contributed by atoms with Crippen molar-refractivity contribution in [1.82, 2.24) is 10.3 Å². The molecule has 0 aromatic carbocycles. The molecule has 2 saturated heterocycles. The summed E-state index contributed by atoms with van der Waals surface area (Å²) in [6.45, 7) is 12.1. The van der Waals surface area contributed by atoms with Crippen molar-refractivity contribution >= 4 is 5.82 Å². The monoisotopic (exact) mass is 275 g/mol. The van der Waals surface area contributed by atoms with E-state index in [1.807, 2.05) is 18.3 Å². The molecule has 4 heteroatoms. The summed E-state index contributed by atoms with van der Waals surface area (Å²) in [5.74, 6) is 3.32.